The molecule has 4 rings (SSSR count). The first-order valence-electron chi connectivity index (χ1n) is 12.2. The molecule has 0 unspecified atom stereocenters. The number of ether oxygens (including phenoxy) is 2. The van der Waals surface area contributed by atoms with Crippen molar-refractivity contribution in [1.29, 1.82) is 0 Å². The standard InChI is InChI=1S/C26H38O6/c1-15-12-22-20-7-6-18-13-19(32-17(3)28)8-10-24(18,4)21(20)9-11-25(22,5)26(15,30)23(29)14-31-16(2)27/h9,15,18-20,22,30H,6-8,10-14H2,1-5H3/t15-,18-,19-,20+,22-,24-,25-,26-/m0/s1. The maximum absolute atomic E-state index is 13.1. The van der Waals surface area contributed by atoms with E-state index in [1.54, 1.807) is 0 Å². The number of carbonyl (C=O) groups is 3. The van der Waals surface area contributed by atoms with Gasteiger partial charge in [0.25, 0.3) is 0 Å². The summed E-state index contributed by atoms with van der Waals surface area (Å²) < 4.78 is 10.5. The number of rotatable bonds is 4. The van der Waals surface area contributed by atoms with Crippen LogP contribution >= 0.6 is 0 Å². The molecule has 0 aliphatic heterocycles. The maximum Gasteiger partial charge on any atom is 0.303 e. The second-order valence-electron chi connectivity index (χ2n) is 11.3. The number of Topliss-reactive ketones (excluding diaryl/α,β-unsaturated/α-hetero) is 1. The summed E-state index contributed by atoms with van der Waals surface area (Å²) in [6.45, 7) is 8.81. The van der Waals surface area contributed by atoms with Gasteiger partial charge in [-0.15, -0.1) is 0 Å². The summed E-state index contributed by atoms with van der Waals surface area (Å²) in [6.07, 6.45) is 8.74. The van der Waals surface area contributed by atoms with Gasteiger partial charge in [-0.05, 0) is 74.0 Å². The summed E-state index contributed by atoms with van der Waals surface area (Å²) in [4.78, 5) is 35.8. The van der Waals surface area contributed by atoms with Crippen molar-refractivity contribution in [3.63, 3.8) is 0 Å². The minimum atomic E-state index is -1.49. The van der Waals surface area contributed by atoms with E-state index in [1.165, 1.54) is 19.4 Å². The lowest BCUT2D eigenvalue weighted by Crippen LogP contribution is -2.58. The lowest BCUT2D eigenvalue weighted by molar-refractivity contribution is -0.167. The highest BCUT2D eigenvalue weighted by Gasteiger charge is 2.67. The largest absolute Gasteiger partial charge is 0.463 e. The van der Waals surface area contributed by atoms with E-state index in [1.807, 2.05) is 6.92 Å². The highest BCUT2D eigenvalue weighted by atomic mass is 16.5. The Labute approximate surface area is 191 Å². The fourth-order valence-corrected chi connectivity index (χ4v) is 8.05. The number of hydrogen-bond acceptors (Lipinski definition) is 6. The molecule has 3 fully saturated rings. The second kappa shape index (κ2) is 7.96. The van der Waals surface area contributed by atoms with E-state index in [0.29, 0.717) is 18.3 Å². The van der Waals surface area contributed by atoms with Gasteiger partial charge < -0.3 is 14.6 Å². The van der Waals surface area contributed by atoms with Gasteiger partial charge in [-0.25, -0.2) is 0 Å². The van der Waals surface area contributed by atoms with Crippen LogP contribution in [0.2, 0.25) is 0 Å². The molecular weight excluding hydrogens is 408 g/mol. The van der Waals surface area contributed by atoms with Crippen LogP contribution in [0.15, 0.2) is 11.6 Å². The molecule has 4 aliphatic rings. The van der Waals surface area contributed by atoms with Crippen molar-refractivity contribution in [2.24, 2.45) is 34.5 Å². The molecule has 0 spiro atoms. The minimum absolute atomic E-state index is 0.0204. The van der Waals surface area contributed by atoms with Gasteiger partial charge in [0.15, 0.2) is 6.61 Å². The van der Waals surface area contributed by atoms with E-state index < -0.39 is 17.0 Å². The van der Waals surface area contributed by atoms with Gasteiger partial charge in [0.05, 0.1) is 0 Å². The van der Waals surface area contributed by atoms with E-state index in [9.17, 15) is 19.5 Å². The molecule has 6 nitrogen and oxygen atoms in total. The molecule has 0 bridgehead atoms. The van der Waals surface area contributed by atoms with Gasteiger partial charge in [-0.1, -0.05) is 32.4 Å². The van der Waals surface area contributed by atoms with Crippen LogP contribution in [0.5, 0.6) is 0 Å². The Morgan fingerprint density at radius 3 is 2.47 bits per heavy atom. The summed E-state index contributed by atoms with van der Waals surface area (Å²) in [7, 11) is 0. The number of fused-ring (bicyclic) bond motifs is 5. The Bertz CT molecular complexity index is 847. The van der Waals surface area contributed by atoms with Crippen molar-refractivity contribution >= 4 is 17.7 Å². The van der Waals surface area contributed by atoms with E-state index in [2.05, 4.69) is 19.9 Å². The predicted molar refractivity (Wildman–Crippen MR) is 118 cm³/mol. The van der Waals surface area contributed by atoms with Crippen LogP contribution in [-0.4, -0.2) is 41.1 Å². The van der Waals surface area contributed by atoms with Crippen LogP contribution in [0.4, 0.5) is 0 Å². The molecule has 0 amide bonds. The van der Waals surface area contributed by atoms with Crippen molar-refractivity contribution in [3.8, 4) is 0 Å². The zero-order chi connectivity index (χ0) is 23.5. The summed E-state index contributed by atoms with van der Waals surface area (Å²) in [6, 6.07) is 0. The molecule has 0 radical (unpaired) electrons. The first-order chi connectivity index (χ1) is 14.9. The lowest BCUT2D eigenvalue weighted by Gasteiger charge is -2.57. The molecule has 1 N–H and O–H groups in total. The van der Waals surface area contributed by atoms with Gasteiger partial charge in [0, 0.05) is 19.3 Å². The number of ketones is 1. The highest BCUT2D eigenvalue weighted by molar-refractivity contribution is 5.91. The highest BCUT2D eigenvalue weighted by Crippen LogP contribution is 2.67. The monoisotopic (exact) mass is 446 g/mol. The van der Waals surface area contributed by atoms with Gasteiger partial charge >= 0.3 is 11.9 Å². The first-order valence-corrected chi connectivity index (χ1v) is 12.2. The first kappa shape index (κ1) is 23.5. The molecule has 0 saturated heterocycles. The third kappa shape index (κ3) is 3.36. The number of esters is 2. The minimum Gasteiger partial charge on any atom is -0.463 e. The topological polar surface area (TPSA) is 89.9 Å². The molecule has 3 saturated carbocycles. The molecule has 0 aromatic heterocycles. The fourth-order valence-electron chi connectivity index (χ4n) is 8.05. The Kier molecular flexibility index (Phi) is 5.84. The van der Waals surface area contributed by atoms with E-state index in [0.717, 1.165) is 38.5 Å². The average molecular weight is 447 g/mol. The average Bonchev–Trinajstić information content (AvgIpc) is 2.93. The van der Waals surface area contributed by atoms with E-state index in [4.69, 9.17) is 9.47 Å². The van der Waals surface area contributed by atoms with Gasteiger partial charge in [0.1, 0.15) is 11.7 Å². The molecule has 0 aromatic carbocycles. The number of allylic oxidation sites excluding steroid dienone is 2. The van der Waals surface area contributed by atoms with Crippen LogP contribution in [0.3, 0.4) is 0 Å². The lowest BCUT2D eigenvalue weighted by atomic mass is 9.48. The van der Waals surface area contributed by atoms with Gasteiger partial charge in [-0.2, -0.15) is 0 Å². The number of hydrogen-bond donors (Lipinski definition) is 1. The normalized spacial score (nSPS) is 45.1. The van der Waals surface area contributed by atoms with Crippen molar-refractivity contribution in [2.75, 3.05) is 6.61 Å². The number of carbonyl (C=O) groups excluding carboxylic acids is 3. The SMILES string of the molecule is CC(=O)OCC(=O)[C@@]1(O)[C@@H](C)C[C@H]2[C@@H]3CC[C@H]4C[C@@H](OC(C)=O)CC[C@]4(C)C3=CC[C@@]21C. The molecule has 0 heterocycles. The molecule has 32 heavy (non-hydrogen) atoms. The van der Waals surface area contributed by atoms with Crippen LogP contribution in [0, 0.1) is 34.5 Å². The maximum atomic E-state index is 13.1. The molecule has 4 aliphatic carbocycles. The zero-order valence-electron chi connectivity index (χ0n) is 20.1. The van der Waals surface area contributed by atoms with Crippen molar-refractivity contribution in [2.45, 2.75) is 91.3 Å². The van der Waals surface area contributed by atoms with Crippen LogP contribution in [0.25, 0.3) is 0 Å². The molecule has 8 atom stereocenters. The Morgan fingerprint density at radius 1 is 1.09 bits per heavy atom. The smallest absolute Gasteiger partial charge is 0.303 e. The summed E-state index contributed by atoms with van der Waals surface area (Å²) in [5.41, 5.74) is -0.455. The Balaban J connectivity index is 1.61. The van der Waals surface area contributed by atoms with E-state index >= 15 is 0 Å². The summed E-state index contributed by atoms with van der Waals surface area (Å²) in [5, 5.41) is 11.8. The van der Waals surface area contributed by atoms with Crippen molar-refractivity contribution in [1.82, 2.24) is 0 Å². The Morgan fingerprint density at radius 2 is 1.81 bits per heavy atom. The molecule has 6 heteroatoms. The Hall–Kier alpha value is -1.69. The van der Waals surface area contributed by atoms with Crippen molar-refractivity contribution < 1.29 is 29.0 Å². The van der Waals surface area contributed by atoms with Crippen LogP contribution < -0.4 is 0 Å². The fraction of sp³-hybridized carbons (Fsp3) is 0.808. The zero-order valence-corrected chi connectivity index (χ0v) is 20.1. The van der Waals surface area contributed by atoms with Gasteiger partial charge in [0.2, 0.25) is 5.78 Å². The summed E-state index contributed by atoms with van der Waals surface area (Å²) in [5.74, 6) is -0.169. The van der Waals surface area contributed by atoms with Crippen LogP contribution in [-0.2, 0) is 23.9 Å². The molecule has 0 aromatic rings. The predicted octanol–water partition coefficient (Wildman–Crippen LogP) is 3.99. The second-order valence-corrected chi connectivity index (χ2v) is 11.3. The number of aliphatic hydroxyl groups is 1. The van der Waals surface area contributed by atoms with Gasteiger partial charge in [-0.3, -0.25) is 14.4 Å². The molecule has 178 valence electrons. The molecular formula is C26H38O6. The quantitative estimate of drug-likeness (QED) is 0.519. The third-order valence-electron chi connectivity index (χ3n) is 9.72. The van der Waals surface area contributed by atoms with E-state index in [-0.39, 0.29) is 41.7 Å². The van der Waals surface area contributed by atoms with Crippen molar-refractivity contribution in [3.05, 3.63) is 11.6 Å². The third-order valence-corrected chi connectivity index (χ3v) is 9.72. The van der Waals surface area contributed by atoms with Crippen LogP contribution in [0.1, 0.15) is 79.6 Å². The summed E-state index contributed by atoms with van der Waals surface area (Å²) >= 11 is 0.